The number of carboxylic acid groups (broad SMARTS) is 1. The summed E-state index contributed by atoms with van der Waals surface area (Å²) in [6, 6.07) is 8.98. The van der Waals surface area contributed by atoms with Crippen molar-refractivity contribution >= 4 is 25.8 Å². The van der Waals surface area contributed by atoms with E-state index in [0.717, 1.165) is 11.1 Å². The Labute approximate surface area is 171 Å². The van der Waals surface area contributed by atoms with Gasteiger partial charge < -0.3 is 5.11 Å². The Morgan fingerprint density at radius 1 is 0.966 bits per heavy atom. The van der Waals surface area contributed by atoms with Crippen LogP contribution in [0.4, 0.5) is 0 Å². The Kier molecular flexibility index (Phi) is 7.20. The minimum Gasteiger partial charge on any atom is -0.480 e. The maximum atomic E-state index is 12.6. The van der Waals surface area contributed by atoms with E-state index in [2.05, 4.69) is 4.72 Å². The van der Waals surface area contributed by atoms with Crippen molar-refractivity contribution in [1.29, 1.82) is 0 Å². The Morgan fingerprint density at radius 3 is 1.97 bits per heavy atom. The highest BCUT2D eigenvalue weighted by Crippen LogP contribution is 2.18. The fourth-order valence-corrected chi connectivity index (χ4v) is 5.58. The fourth-order valence-electron chi connectivity index (χ4n) is 3.07. The average Bonchev–Trinajstić information content (AvgIpc) is 2.60. The van der Waals surface area contributed by atoms with Crippen LogP contribution in [0, 0.1) is 13.8 Å². The van der Waals surface area contributed by atoms with E-state index in [9.17, 15) is 26.7 Å². The van der Waals surface area contributed by atoms with Gasteiger partial charge in [-0.3, -0.25) is 4.79 Å². The lowest BCUT2D eigenvalue weighted by Crippen LogP contribution is -2.42. The van der Waals surface area contributed by atoms with Crippen LogP contribution in [0.25, 0.3) is 0 Å². The minimum atomic E-state index is -4.15. The zero-order valence-electron chi connectivity index (χ0n) is 16.5. The van der Waals surface area contributed by atoms with Crippen LogP contribution in [0.15, 0.2) is 52.3 Å². The van der Waals surface area contributed by atoms with Gasteiger partial charge in [-0.05, 0) is 56.5 Å². The normalized spacial score (nSPS) is 13.2. The molecule has 0 aliphatic rings. The first kappa shape index (κ1) is 23.1. The van der Waals surface area contributed by atoms with E-state index in [1.807, 2.05) is 32.0 Å². The van der Waals surface area contributed by atoms with Crippen molar-refractivity contribution < 1.29 is 26.7 Å². The number of sulfonamides is 1. The number of hydrogen-bond donors (Lipinski definition) is 2. The number of carboxylic acids is 1. The Balaban J connectivity index is 2.25. The van der Waals surface area contributed by atoms with Gasteiger partial charge in [0, 0.05) is 0 Å². The molecule has 2 rings (SSSR count). The molecule has 1 atom stereocenters. The fraction of sp³-hybridized carbons (Fsp3) is 0.350. The van der Waals surface area contributed by atoms with Crippen LogP contribution in [0.3, 0.4) is 0 Å². The summed E-state index contributed by atoms with van der Waals surface area (Å²) in [5, 5.41) is 9.49. The van der Waals surface area contributed by atoms with E-state index in [0.29, 0.717) is 12.0 Å². The van der Waals surface area contributed by atoms with Gasteiger partial charge in [0.15, 0.2) is 9.84 Å². The third-order valence-electron chi connectivity index (χ3n) is 4.28. The Morgan fingerprint density at radius 2 is 1.48 bits per heavy atom. The van der Waals surface area contributed by atoms with Crippen molar-refractivity contribution in [3.63, 3.8) is 0 Å². The van der Waals surface area contributed by atoms with Crippen molar-refractivity contribution in [3.05, 3.63) is 59.2 Å². The van der Waals surface area contributed by atoms with Crippen LogP contribution in [0.5, 0.6) is 0 Å². The third-order valence-corrected chi connectivity index (χ3v) is 7.71. The predicted octanol–water partition coefficient (Wildman–Crippen LogP) is 2.46. The number of sulfone groups is 1. The summed E-state index contributed by atoms with van der Waals surface area (Å²) in [7, 11) is -7.61. The van der Waals surface area contributed by atoms with Crippen LogP contribution in [0.1, 0.15) is 30.0 Å². The van der Waals surface area contributed by atoms with Crippen molar-refractivity contribution in [2.75, 3.05) is 5.75 Å². The Bertz CT molecular complexity index is 1070. The maximum absolute atomic E-state index is 12.6. The third kappa shape index (κ3) is 6.12. The molecular formula is C20H25NO6S2. The van der Waals surface area contributed by atoms with E-state index in [1.54, 1.807) is 6.92 Å². The molecule has 0 fully saturated rings. The van der Waals surface area contributed by atoms with Gasteiger partial charge >= 0.3 is 5.97 Å². The molecule has 29 heavy (non-hydrogen) atoms. The molecule has 0 aliphatic heterocycles. The molecule has 2 N–H and O–H groups in total. The lowest BCUT2D eigenvalue weighted by atomic mass is 10.0. The average molecular weight is 440 g/mol. The number of carbonyl (C=O) groups is 1. The molecule has 0 heterocycles. The van der Waals surface area contributed by atoms with Crippen LogP contribution < -0.4 is 4.72 Å². The van der Waals surface area contributed by atoms with Crippen LogP contribution >= 0.6 is 0 Å². The van der Waals surface area contributed by atoms with E-state index < -0.39 is 31.9 Å². The lowest BCUT2D eigenvalue weighted by Gasteiger charge is -2.16. The van der Waals surface area contributed by atoms with Crippen molar-refractivity contribution in [1.82, 2.24) is 4.72 Å². The van der Waals surface area contributed by atoms with Crippen molar-refractivity contribution in [2.24, 2.45) is 0 Å². The predicted molar refractivity (Wildman–Crippen MR) is 110 cm³/mol. The van der Waals surface area contributed by atoms with Crippen LogP contribution in [-0.2, 0) is 31.1 Å². The molecule has 2 aromatic carbocycles. The van der Waals surface area contributed by atoms with Gasteiger partial charge in [-0.2, -0.15) is 4.72 Å². The Hall–Kier alpha value is -2.23. The molecule has 0 radical (unpaired) electrons. The maximum Gasteiger partial charge on any atom is 0.322 e. The second kappa shape index (κ2) is 9.06. The molecule has 0 aromatic heterocycles. The largest absolute Gasteiger partial charge is 0.480 e. The quantitative estimate of drug-likeness (QED) is 0.620. The summed E-state index contributed by atoms with van der Waals surface area (Å²) in [6.45, 7) is 5.50. The summed E-state index contributed by atoms with van der Waals surface area (Å²) in [6.07, 6.45) is 0.433. The molecule has 9 heteroatoms. The molecule has 158 valence electrons. The standard InChI is InChI=1S/C20H25NO6S2/c1-4-9-28(24,25)17-5-7-18(8-6-17)29(26,27)21-19(20(22)23)13-16-11-14(2)10-15(3)12-16/h5-8,10-12,19,21H,4,9,13H2,1-3H3,(H,22,23). The molecule has 0 amide bonds. The first-order valence-corrected chi connectivity index (χ1v) is 12.2. The summed E-state index contributed by atoms with van der Waals surface area (Å²) in [5.74, 6) is -1.33. The van der Waals surface area contributed by atoms with Crippen LogP contribution in [-0.4, -0.2) is 39.7 Å². The number of nitrogens with one attached hydrogen (secondary N) is 1. The molecule has 0 saturated heterocycles. The molecule has 1 unspecified atom stereocenters. The molecule has 0 spiro atoms. The number of rotatable bonds is 9. The number of aryl methyl sites for hydroxylation is 2. The molecule has 0 saturated carbocycles. The number of hydrogen-bond acceptors (Lipinski definition) is 5. The monoisotopic (exact) mass is 439 g/mol. The molecule has 0 bridgehead atoms. The molecule has 7 nitrogen and oxygen atoms in total. The topological polar surface area (TPSA) is 118 Å². The SMILES string of the molecule is CCCS(=O)(=O)c1ccc(S(=O)(=O)NC(Cc2cc(C)cc(C)c2)C(=O)O)cc1. The zero-order chi connectivity index (χ0) is 21.8. The summed E-state index contributed by atoms with van der Waals surface area (Å²) in [4.78, 5) is 11.5. The van der Waals surface area contributed by atoms with Crippen molar-refractivity contribution in [2.45, 2.75) is 49.4 Å². The van der Waals surface area contributed by atoms with Crippen molar-refractivity contribution in [3.8, 4) is 0 Å². The zero-order valence-corrected chi connectivity index (χ0v) is 18.2. The smallest absolute Gasteiger partial charge is 0.322 e. The van der Waals surface area contributed by atoms with Gasteiger partial charge in [0.05, 0.1) is 15.5 Å². The van der Waals surface area contributed by atoms with E-state index in [-0.39, 0.29) is 22.0 Å². The van der Waals surface area contributed by atoms with Gasteiger partial charge in [0.1, 0.15) is 6.04 Å². The summed E-state index contributed by atoms with van der Waals surface area (Å²) < 4.78 is 51.6. The second-order valence-corrected chi connectivity index (χ2v) is 10.8. The second-order valence-electron chi connectivity index (χ2n) is 7.00. The highest BCUT2D eigenvalue weighted by Gasteiger charge is 2.26. The number of aliphatic carboxylic acids is 1. The van der Waals surface area contributed by atoms with E-state index in [4.69, 9.17) is 0 Å². The van der Waals surface area contributed by atoms with Gasteiger partial charge in [-0.1, -0.05) is 36.2 Å². The lowest BCUT2D eigenvalue weighted by molar-refractivity contribution is -0.138. The minimum absolute atomic E-state index is 0.0138. The van der Waals surface area contributed by atoms with E-state index in [1.165, 1.54) is 24.3 Å². The molecule has 2 aromatic rings. The first-order chi connectivity index (χ1) is 13.4. The molecule has 0 aliphatic carbocycles. The van der Waals surface area contributed by atoms with Crippen LogP contribution in [0.2, 0.25) is 0 Å². The number of benzene rings is 2. The molecular weight excluding hydrogens is 414 g/mol. The highest BCUT2D eigenvalue weighted by atomic mass is 32.2. The van der Waals surface area contributed by atoms with Gasteiger partial charge in [0.2, 0.25) is 10.0 Å². The van der Waals surface area contributed by atoms with Gasteiger partial charge in [-0.25, -0.2) is 16.8 Å². The van der Waals surface area contributed by atoms with Gasteiger partial charge in [0.25, 0.3) is 0 Å². The van der Waals surface area contributed by atoms with Gasteiger partial charge in [-0.15, -0.1) is 0 Å². The summed E-state index contributed by atoms with van der Waals surface area (Å²) in [5.41, 5.74) is 2.62. The highest BCUT2D eigenvalue weighted by molar-refractivity contribution is 7.91. The van der Waals surface area contributed by atoms with E-state index >= 15 is 0 Å². The first-order valence-electron chi connectivity index (χ1n) is 9.10. The summed E-state index contributed by atoms with van der Waals surface area (Å²) >= 11 is 0.